The second-order valence-electron chi connectivity index (χ2n) is 5.03. The Labute approximate surface area is 116 Å². The fourth-order valence-electron chi connectivity index (χ4n) is 2.27. The molecule has 0 radical (unpaired) electrons. The van der Waals surface area contributed by atoms with Crippen LogP contribution in [-0.4, -0.2) is 37.0 Å². The Hall–Kier alpha value is -1.43. The number of rotatable bonds is 4. The molecule has 0 aromatic heterocycles. The van der Waals surface area contributed by atoms with Gasteiger partial charge in [-0.2, -0.15) is 13.2 Å². The number of hydrogen-bond donors (Lipinski definition) is 2. The molecule has 20 heavy (non-hydrogen) atoms. The summed E-state index contributed by atoms with van der Waals surface area (Å²) in [4.78, 5) is 2.28. The largest absolute Gasteiger partial charge is 0.416 e. The molecule has 2 N–H and O–H groups in total. The van der Waals surface area contributed by atoms with Gasteiger partial charge in [-0.05, 0) is 43.5 Å². The number of nitrogens with zero attached hydrogens (tertiary/aromatic N) is 1. The standard InChI is InChI=1S/C14H19F3N2O/c15-14(16,17)13(20)10-18-11-4-6-12(7-5-11)19-8-2-1-3-9-19/h4-7,13,18,20H,1-3,8-10H2. The van der Waals surface area contributed by atoms with Crippen LogP contribution in [-0.2, 0) is 0 Å². The van der Waals surface area contributed by atoms with E-state index >= 15 is 0 Å². The van der Waals surface area contributed by atoms with E-state index in [1.165, 1.54) is 19.3 Å². The minimum absolute atomic E-state index is 0.535. The maximum Gasteiger partial charge on any atom is 0.416 e. The highest BCUT2D eigenvalue weighted by atomic mass is 19.4. The number of aliphatic hydroxyl groups is 1. The van der Waals surface area contributed by atoms with Crippen LogP contribution in [0.5, 0.6) is 0 Å². The molecule has 1 unspecified atom stereocenters. The SMILES string of the molecule is OC(CNc1ccc(N2CCCCC2)cc1)C(F)(F)F. The number of piperidine rings is 1. The van der Waals surface area contributed by atoms with Crippen molar-refractivity contribution in [2.24, 2.45) is 0 Å². The zero-order valence-corrected chi connectivity index (χ0v) is 11.2. The van der Waals surface area contributed by atoms with Crippen molar-refractivity contribution < 1.29 is 18.3 Å². The molecule has 0 aliphatic carbocycles. The van der Waals surface area contributed by atoms with Crippen LogP contribution < -0.4 is 10.2 Å². The summed E-state index contributed by atoms with van der Waals surface area (Å²) in [6.45, 7) is 1.52. The van der Waals surface area contributed by atoms with E-state index in [1.54, 1.807) is 12.1 Å². The van der Waals surface area contributed by atoms with Crippen LogP contribution in [0.2, 0.25) is 0 Å². The van der Waals surface area contributed by atoms with Gasteiger partial charge in [0.1, 0.15) is 0 Å². The topological polar surface area (TPSA) is 35.5 Å². The lowest BCUT2D eigenvalue weighted by molar-refractivity contribution is -0.198. The molecule has 2 rings (SSSR count). The van der Waals surface area contributed by atoms with Crippen molar-refractivity contribution in [1.29, 1.82) is 0 Å². The Bertz CT molecular complexity index is 413. The molecule has 1 heterocycles. The van der Waals surface area contributed by atoms with E-state index < -0.39 is 18.8 Å². The summed E-state index contributed by atoms with van der Waals surface area (Å²) in [5.74, 6) is 0. The summed E-state index contributed by atoms with van der Waals surface area (Å²) in [6, 6.07) is 7.28. The molecule has 1 fully saturated rings. The maximum atomic E-state index is 12.2. The van der Waals surface area contributed by atoms with E-state index in [9.17, 15) is 13.2 Å². The molecule has 0 amide bonds. The minimum atomic E-state index is -4.58. The van der Waals surface area contributed by atoms with Gasteiger partial charge in [0.15, 0.2) is 6.10 Å². The van der Waals surface area contributed by atoms with Crippen molar-refractivity contribution in [2.45, 2.75) is 31.5 Å². The fourth-order valence-corrected chi connectivity index (χ4v) is 2.27. The van der Waals surface area contributed by atoms with Gasteiger partial charge in [-0.3, -0.25) is 0 Å². The van der Waals surface area contributed by atoms with Gasteiger partial charge in [-0.25, -0.2) is 0 Å². The average molecular weight is 288 g/mol. The first-order valence-electron chi connectivity index (χ1n) is 6.80. The first kappa shape index (κ1) is 15.0. The molecular weight excluding hydrogens is 269 g/mol. The number of alkyl halides is 3. The van der Waals surface area contributed by atoms with Crippen LogP contribution >= 0.6 is 0 Å². The molecule has 1 aromatic rings. The van der Waals surface area contributed by atoms with Gasteiger partial charge < -0.3 is 15.3 Å². The number of nitrogens with one attached hydrogen (secondary N) is 1. The average Bonchev–Trinajstić information content (AvgIpc) is 2.45. The van der Waals surface area contributed by atoms with Gasteiger partial charge in [0, 0.05) is 31.0 Å². The zero-order valence-electron chi connectivity index (χ0n) is 11.2. The molecule has 1 aliphatic rings. The third-order valence-corrected chi connectivity index (χ3v) is 3.47. The third kappa shape index (κ3) is 4.03. The molecule has 1 aliphatic heterocycles. The van der Waals surface area contributed by atoms with Crippen LogP contribution in [0.1, 0.15) is 19.3 Å². The third-order valence-electron chi connectivity index (χ3n) is 3.47. The smallest absolute Gasteiger partial charge is 0.382 e. The second-order valence-corrected chi connectivity index (χ2v) is 5.03. The molecule has 1 saturated heterocycles. The number of hydrogen-bond acceptors (Lipinski definition) is 3. The van der Waals surface area contributed by atoms with Crippen molar-refractivity contribution in [3.63, 3.8) is 0 Å². The number of halogens is 3. The Morgan fingerprint density at radius 1 is 1.10 bits per heavy atom. The lowest BCUT2D eigenvalue weighted by Gasteiger charge is -2.29. The van der Waals surface area contributed by atoms with Crippen molar-refractivity contribution in [3.8, 4) is 0 Å². The van der Waals surface area contributed by atoms with Crippen LogP contribution in [0.15, 0.2) is 24.3 Å². The first-order valence-corrected chi connectivity index (χ1v) is 6.80. The number of anilines is 2. The zero-order chi connectivity index (χ0) is 14.6. The van der Waals surface area contributed by atoms with Gasteiger partial charge in [-0.15, -0.1) is 0 Å². The number of benzene rings is 1. The Balaban J connectivity index is 1.88. The second kappa shape index (κ2) is 6.35. The summed E-state index contributed by atoms with van der Waals surface area (Å²) >= 11 is 0. The van der Waals surface area contributed by atoms with Crippen molar-refractivity contribution in [3.05, 3.63) is 24.3 Å². The van der Waals surface area contributed by atoms with Crippen LogP contribution in [0, 0.1) is 0 Å². The Kier molecular flexibility index (Phi) is 4.75. The minimum Gasteiger partial charge on any atom is -0.382 e. The molecule has 3 nitrogen and oxygen atoms in total. The van der Waals surface area contributed by atoms with Gasteiger partial charge in [0.05, 0.1) is 0 Å². The summed E-state index contributed by atoms with van der Waals surface area (Å²) in [5, 5.41) is 11.5. The highest BCUT2D eigenvalue weighted by Gasteiger charge is 2.37. The van der Waals surface area contributed by atoms with Crippen molar-refractivity contribution in [2.75, 3.05) is 29.9 Å². The molecular formula is C14H19F3N2O. The molecule has 6 heteroatoms. The van der Waals surface area contributed by atoms with Gasteiger partial charge in [0.25, 0.3) is 0 Å². The number of aliphatic hydroxyl groups excluding tert-OH is 1. The molecule has 0 spiro atoms. The Morgan fingerprint density at radius 2 is 1.70 bits per heavy atom. The molecule has 0 saturated carbocycles. The van der Waals surface area contributed by atoms with E-state index in [0.717, 1.165) is 18.8 Å². The summed E-state index contributed by atoms with van der Waals surface area (Å²) in [7, 11) is 0. The van der Waals surface area contributed by atoms with E-state index in [2.05, 4.69) is 10.2 Å². The highest BCUT2D eigenvalue weighted by Crippen LogP contribution is 2.23. The quantitative estimate of drug-likeness (QED) is 0.894. The van der Waals surface area contributed by atoms with Gasteiger partial charge in [-0.1, -0.05) is 0 Å². The van der Waals surface area contributed by atoms with E-state index in [1.807, 2.05) is 12.1 Å². The van der Waals surface area contributed by atoms with E-state index in [-0.39, 0.29) is 0 Å². The lowest BCUT2D eigenvalue weighted by Crippen LogP contribution is -2.35. The highest BCUT2D eigenvalue weighted by molar-refractivity contribution is 5.55. The predicted molar refractivity (Wildman–Crippen MR) is 73.1 cm³/mol. The normalized spacial score (nSPS) is 17.9. The molecule has 1 atom stereocenters. The van der Waals surface area contributed by atoms with Crippen LogP contribution in [0.25, 0.3) is 0 Å². The van der Waals surface area contributed by atoms with Crippen molar-refractivity contribution >= 4 is 11.4 Å². The fraction of sp³-hybridized carbons (Fsp3) is 0.571. The first-order chi connectivity index (χ1) is 9.47. The Morgan fingerprint density at radius 3 is 2.25 bits per heavy atom. The van der Waals surface area contributed by atoms with Gasteiger partial charge in [0.2, 0.25) is 0 Å². The monoisotopic (exact) mass is 288 g/mol. The lowest BCUT2D eigenvalue weighted by atomic mass is 10.1. The predicted octanol–water partition coefficient (Wildman–Crippen LogP) is 3.01. The van der Waals surface area contributed by atoms with Crippen LogP contribution in [0.3, 0.4) is 0 Å². The summed E-state index contributed by atoms with van der Waals surface area (Å²) in [5.41, 5.74) is 1.67. The molecule has 0 bridgehead atoms. The van der Waals surface area contributed by atoms with Crippen LogP contribution in [0.4, 0.5) is 24.5 Å². The summed E-state index contributed by atoms with van der Waals surface area (Å²) in [6.07, 6.45) is -3.31. The van der Waals surface area contributed by atoms with E-state index in [4.69, 9.17) is 5.11 Å². The summed E-state index contributed by atoms with van der Waals surface area (Å²) < 4.78 is 36.5. The molecule has 112 valence electrons. The van der Waals surface area contributed by atoms with E-state index in [0.29, 0.717) is 5.69 Å². The van der Waals surface area contributed by atoms with Crippen molar-refractivity contribution in [1.82, 2.24) is 0 Å². The van der Waals surface area contributed by atoms with Gasteiger partial charge >= 0.3 is 6.18 Å². The molecule has 1 aromatic carbocycles. The maximum absolute atomic E-state index is 12.2.